The van der Waals surface area contributed by atoms with Gasteiger partial charge < -0.3 is 4.90 Å². The minimum Gasteiger partial charge on any atom is -0.340 e. The van der Waals surface area contributed by atoms with Crippen LogP contribution < -0.4 is 0 Å². The third kappa shape index (κ3) is 6.08. The minimum absolute atomic E-state index is 0.0323. The largest absolute Gasteiger partial charge is 0.340 e. The van der Waals surface area contributed by atoms with Crippen LogP contribution in [0.3, 0.4) is 0 Å². The van der Waals surface area contributed by atoms with E-state index in [2.05, 4.69) is 11.8 Å². The van der Waals surface area contributed by atoms with E-state index in [1.165, 1.54) is 18.2 Å². The summed E-state index contributed by atoms with van der Waals surface area (Å²) in [4.78, 5) is 29.7. The molecule has 2 amide bonds. The van der Waals surface area contributed by atoms with E-state index in [-0.39, 0.29) is 11.8 Å². The molecule has 0 saturated carbocycles. The van der Waals surface area contributed by atoms with Crippen molar-refractivity contribution < 1.29 is 9.59 Å². The van der Waals surface area contributed by atoms with Gasteiger partial charge in [-0.15, -0.1) is 0 Å². The third-order valence-corrected chi connectivity index (χ3v) is 7.36. The summed E-state index contributed by atoms with van der Waals surface area (Å²) in [6.07, 6.45) is 9.64. The molecule has 7 heteroatoms. The van der Waals surface area contributed by atoms with E-state index in [0.717, 1.165) is 50.6 Å². The van der Waals surface area contributed by atoms with Crippen LogP contribution in [0.25, 0.3) is 6.08 Å². The normalized spacial score (nSPS) is 21.0. The second-order valence-corrected chi connectivity index (χ2v) is 9.95. The molecule has 1 atom stereocenters. The number of thiocarbonyl (C=S) groups is 1. The molecule has 2 aliphatic rings. The molecule has 0 bridgehead atoms. The highest BCUT2D eigenvalue weighted by Crippen LogP contribution is 2.33. The van der Waals surface area contributed by atoms with Crippen molar-refractivity contribution in [3.8, 4) is 0 Å². The van der Waals surface area contributed by atoms with Gasteiger partial charge in [-0.1, -0.05) is 61.1 Å². The van der Waals surface area contributed by atoms with E-state index in [0.29, 0.717) is 33.3 Å². The smallest absolute Gasteiger partial charge is 0.266 e. The van der Waals surface area contributed by atoms with Crippen molar-refractivity contribution in [3.63, 3.8) is 0 Å². The second-order valence-electron chi connectivity index (χ2n) is 7.84. The zero-order valence-electron chi connectivity index (χ0n) is 17.4. The summed E-state index contributed by atoms with van der Waals surface area (Å²) in [5, 5.41) is 0.670. The molecular formula is C23H29ClN2O2S2. The summed E-state index contributed by atoms with van der Waals surface area (Å²) < 4.78 is 0.607. The van der Waals surface area contributed by atoms with Crippen molar-refractivity contribution in [3.05, 3.63) is 39.8 Å². The van der Waals surface area contributed by atoms with Gasteiger partial charge in [0.25, 0.3) is 5.91 Å². The van der Waals surface area contributed by atoms with Crippen LogP contribution in [0.5, 0.6) is 0 Å². The lowest BCUT2D eigenvalue weighted by atomic mass is 9.99. The number of thioether (sulfide) groups is 1. The number of rotatable bonds is 8. The molecule has 0 spiro atoms. The van der Waals surface area contributed by atoms with E-state index < -0.39 is 0 Å². The van der Waals surface area contributed by atoms with Crippen LogP contribution in [-0.4, -0.2) is 45.1 Å². The van der Waals surface area contributed by atoms with Crippen molar-refractivity contribution in [2.45, 2.75) is 64.3 Å². The van der Waals surface area contributed by atoms with Crippen LogP contribution >= 0.6 is 35.6 Å². The Morgan fingerprint density at radius 1 is 1.23 bits per heavy atom. The Labute approximate surface area is 194 Å². The van der Waals surface area contributed by atoms with Crippen LogP contribution in [0.4, 0.5) is 0 Å². The van der Waals surface area contributed by atoms with Gasteiger partial charge in [0.15, 0.2) is 0 Å². The molecule has 30 heavy (non-hydrogen) atoms. The lowest BCUT2D eigenvalue weighted by molar-refractivity contribution is -0.135. The van der Waals surface area contributed by atoms with Crippen LogP contribution in [0.15, 0.2) is 29.2 Å². The highest BCUT2D eigenvalue weighted by atomic mass is 35.5. The van der Waals surface area contributed by atoms with E-state index in [1.54, 1.807) is 4.90 Å². The number of likely N-dealkylation sites (tertiary alicyclic amines) is 1. The molecule has 3 rings (SSSR count). The zero-order valence-corrected chi connectivity index (χ0v) is 19.8. The topological polar surface area (TPSA) is 40.6 Å². The van der Waals surface area contributed by atoms with E-state index in [1.807, 2.05) is 30.3 Å². The van der Waals surface area contributed by atoms with E-state index in [9.17, 15) is 9.59 Å². The number of nitrogens with zero attached hydrogens (tertiary/aromatic N) is 2. The Balaban J connectivity index is 1.42. The SMILES string of the molecule is CC[C@H]1CCCCN1C(=O)CCCCCN1C(=O)/C(=C/c2ccc(Cl)cc2)SC1=S. The van der Waals surface area contributed by atoms with Crippen molar-refractivity contribution in [1.82, 2.24) is 9.80 Å². The summed E-state index contributed by atoms with van der Waals surface area (Å²) in [6, 6.07) is 7.81. The molecular weight excluding hydrogens is 436 g/mol. The van der Waals surface area contributed by atoms with Crippen molar-refractivity contribution >= 4 is 57.8 Å². The maximum atomic E-state index is 12.7. The molecule has 0 N–H and O–H groups in total. The van der Waals surface area contributed by atoms with Crippen molar-refractivity contribution in [2.24, 2.45) is 0 Å². The lowest BCUT2D eigenvalue weighted by Gasteiger charge is -2.35. The first-order valence-electron chi connectivity index (χ1n) is 10.8. The maximum Gasteiger partial charge on any atom is 0.266 e. The monoisotopic (exact) mass is 464 g/mol. The first-order valence-corrected chi connectivity index (χ1v) is 12.4. The fourth-order valence-corrected chi connectivity index (χ4v) is 5.46. The number of piperidine rings is 1. The van der Waals surface area contributed by atoms with Gasteiger partial charge in [0.1, 0.15) is 4.32 Å². The molecule has 4 nitrogen and oxygen atoms in total. The van der Waals surface area contributed by atoms with E-state index >= 15 is 0 Å². The number of unbranched alkanes of at least 4 members (excludes halogenated alkanes) is 2. The predicted molar refractivity (Wildman–Crippen MR) is 129 cm³/mol. The van der Waals surface area contributed by atoms with Gasteiger partial charge in [-0.3, -0.25) is 14.5 Å². The van der Waals surface area contributed by atoms with Crippen LogP contribution in [0.1, 0.15) is 63.9 Å². The Morgan fingerprint density at radius 3 is 2.73 bits per heavy atom. The Hall–Kier alpha value is -1.37. The summed E-state index contributed by atoms with van der Waals surface area (Å²) in [5.74, 6) is 0.258. The van der Waals surface area contributed by atoms with Crippen LogP contribution in [0.2, 0.25) is 5.02 Å². The number of halogens is 1. The van der Waals surface area contributed by atoms with Gasteiger partial charge in [-0.2, -0.15) is 0 Å². The quantitative estimate of drug-likeness (QED) is 0.273. The van der Waals surface area contributed by atoms with Crippen molar-refractivity contribution in [2.75, 3.05) is 13.1 Å². The molecule has 0 aromatic heterocycles. The third-order valence-electron chi connectivity index (χ3n) is 5.73. The highest BCUT2D eigenvalue weighted by Gasteiger charge is 2.31. The summed E-state index contributed by atoms with van der Waals surface area (Å²) >= 11 is 12.7. The zero-order chi connectivity index (χ0) is 21.5. The predicted octanol–water partition coefficient (Wildman–Crippen LogP) is 5.89. The molecule has 2 aliphatic heterocycles. The van der Waals surface area contributed by atoms with Gasteiger partial charge >= 0.3 is 0 Å². The molecule has 0 aliphatic carbocycles. The second kappa shape index (κ2) is 11.3. The minimum atomic E-state index is -0.0323. The van der Waals surface area contributed by atoms with Crippen LogP contribution in [0, 0.1) is 0 Å². The number of hydrogen-bond acceptors (Lipinski definition) is 4. The molecule has 1 aromatic carbocycles. The van der Waals surface area contributed by atoms with Gasteiger partial charge in [-0.25, -0.2) is 0 Å². The number of carbonyl (C=O) groups is 2. The summed E-state index contributed by atoms with van der Waals surface area (Å²) in [7, 11) is 0. The van der Waals surface area contributed by atoms with Crippen LogP contribution in [-0.2, 0) is 9.59 Å². The molecule has 2 heterocycles. The lowest BCUT2D eigenvalue weighted by Crippen LogP contribution is -2.43. The number of carbonyl (C=O) groups excluding carboxylic acids is 2. The standard InChI is InChI=1S/C23H29ClN2O2S2/c1-2-19-8-5-7-14-25(19)21(27)9-4-3-6-15-26-22(28)20(30-23(26)29)16-17-10-12-18(24)13-11-17/h10-13,16,19H,2-9,14-15H2,1H3/b20-16-/t19-/m0/s1. The Morgan fingerprint density at radius 2 is 2.00 bits per heavy atom. The highest BCUT2D eigenvalue weighted by molar-refractivity contribution is 8.26. The number of benzene rings is 1. The average molecular weight is 465 g/mol. The number of hydrogen-bond donors (Lipinski definition) is 0. The van der Waals surface area contributed by atoms with Gasteiger partial charge in [0.2, 0.25) is 5.91 Å². The Kier molecular flexibility index (Phi) is 8.78. The van der Waals surface area contributed by atoms with Gasteiger partial charge in [0.05, 0.1) is 4.91 Å². The van der Waals surface area contributed by atoms with Gasteiger partial charge in [0, 0.05) is 30.6 Å². The fraction of sp³-hybridized carbons (Fsp3) is 0.522. The number of amides is 2. The Bertz CT molecular complexity index is 810. The maximum absolute atomic E-state index is 12.7. The molecule has 2 fully saturated rings. The molecule has 0 unspecified atom stereocenters. The molecule has 1 aromatic rings. The average Bonchev–Trinajstić information content (AvgIpc) is 3.02. The summed E-state index contributed by atoms with van der Waals surface area (Å²) in [5.41, 5.74) is 0.932. The van der Waals surface area contributed by atoms with E-state index in [4.69, 9.17) is 23.8 Å². The molecule has 0 radical (unpaired) electrons. The first kappa shape index (κ1) is 23.3. The first-order chi connectivity index (χ1) is 14.5. The van der Waals surface area contributed by atoms with Gasteiger partial charge in [-0.05, 0) is 62.3 Å². The fourth-order valence-electron chi connectivity index (χ4n) is 4.02. The van der Waals surface area contributed by atoms with Crippen molar-refractivity contribution in [1.29, 1.82) is 0 Å². The summed E-state index contributed by atoms with van der Waals surface area (Å²) in [6.45, 7) is 3.69. The molecule has 2 saturated heterocycles. The molecule has 162 valence electrons.